The van der Waals surface area contributed by atoms with Gasteiger partial charge in [-0.1, -0.05) is 30.3 Å². The van der Waals surface area contributed by atoms with Crippen molar-refractivity contribution in [1.82, 2.24) is 25.6 Å². The second-order valence-electron chi connectivity index (χ2n) is 9.69. The zero-order valence-corrected chi connectivity index (χ0v) is 24.9. The minimum absolute atomic E-state index is 0.0102. The van der Waals surface area contributed by atoms with E-state index in [4.69, 9.17) is 19.3 Å². The molecular weight excluding hydrogens is 588 g/mol. The highest BCUT2D eigenvalue weighted by Crippen LogP contribution is 2.12. The summed E-state index contributed by atoms with van der Waals surface area (Å²) in [7, 11) is 1.09. The number of nitrogens with two attached hydrogens (primary N) is 1. The van der Waals surface area contributed by atoms with E-state index >= 15 is 0 Å². The topological polar surface area (TPSA) is 198 Å². The number of furan rings is 2. The fourth-order valence-corrected chi connectivity index (χ4v) is 3.90. The minimum atomic E-state index is -1.31. The SMILES string of the molecule is C[C@H](NC(=O)OCc1ccccc1)C(=O)N[C@@H](C)C(=O)N(C)N(C(N)=O)C(=O)/C=C/C(=O)N(Cc1ccco1)Cc1ccco1. The summed E-state index contributed by atoms with van der Waals surface area (Å²) in [5.41, 5.74) is 6.12. The van der Waals surface area contributed by atoms with E-state index < -0.39 is 47.8 Å². The average Bonchev–Trinajstić information content (AvgIpc) is 3.73. The Morgan fingerprint density at radius 1 is 0.822 bits per heavy atom. The number of rotatable bonds is 12. The fraction of sp³-hybridized carbons (Fsp3) is 0.267. The molecule has 0 radical (unpaired) electrons. The first kappa shape index (κ1) is 33.6. The van der Waals surface area contributed by atoms with Crippen LogP contribution >= 0.6 is 0 Å². The van der Waals surface area contributed by atoms with Gasteiger partial charge in [0.05, 0.1) is 25.6 Å². The third kappa shape index (κ3) is 10.1. The lowest BCUT2D eigenvalue weighted by molar-refractivity contribution is -0.153. The van der Waals surface area contributed by atoms with E-state index in [0.717, 1.165) is 24.8 Å². The number of carbonyl (C=O) groups is 6. The van der Waals surface area contributed by atoms with E-state index in [-0.39, 0.29) is 19.7 Å². The summed E-state index contributed by atoms with van der Waals surface area (Å²) in [6, 6.07) is 11.9. The number of nitrogens with zero attached hydrogens (tertiary/aromatic N) is 3. The Morgan fingerprint density at radius 2 is 1.40 bits per heavy atom. The zero-order valence-electron chi connectivity index (χ0n) is 24.9. The predicted octanol–water partition coefficient (Wildman–Crippen LogP) is 2.06. The number of imide groups is 1. The van der Waals surface area contributed by atoms with E-state index in [1.807, 2.05) is 6.07 Å². The molecule has 3 rings (SSSR count). The number of urea groups is 1. The molecule has 2 atom stereocenters. The number of carbonyl (C=O) groups excluding carboxylic acids is 6. The molecule has 0 aliphatic rings. The molecule has 0 unspecified atom stereocenters. The van der Waals surface area contributed by atoms with Gasteiger partial charge in [0.25, 0.3) is 11.8 Å². The summed E-state index contributed by atoms with van der Waals surface area (Å²) in [5, 5.41) is 5.66. The van der Waals surface area contributed by atoms with Crippen LogP contribution in [-0.4, -0.2) is 69.8 Å². The van der Waals surface area contributed by atoms with Crippen LogP contribution in [0.5, 0.6) is 0 Å². The van der Waals surface area contributed by atoms with Gasteiger partial charge in [-0.3, -0.25) is 19.2 Å². The molecule has 238 valence electrons. The predicted molar refractivity (Wildman–Crippen MR) is 157 cm³/mol. The number of hydrazine groups is 1. The van der Waals surface area contributed by atoms with Gasteiger partial charge in [0.1, 0.15) is 30.2 Å². The molecule has 0 spiro atoms. The molecule has 0 bridgehead atoms. The third-order valence-electron chi connectivity index (χ3n) is 6.24. The first-order valence-corrected chi connectivity index (χ1v) is 13.7. The van der Waals surface area contributed by atoms with Crippen LogP contribution in [0.2, 0.25) is 0 Å². The number of benzene rings is 1. The van der Waals surface area contributed by atoms with Gasteiger partial charge >= 0.3 is 12.1 Å². The Kier molecular flexibility index (Phi) is 12.0. The Labute approximate surface area is 258 Å². The molecule has 2 aromatic heterocycles. The van der Waals surface area contributed by atoms with Crippen molar-refractivity contribution in [1.29, 1.82) is 0 Å². The van der Waals surface area contributed by atoms with Crippen LogP contribution in [0, 0.1) is 0 Å². The Balaban J connectivity index is 1.57. The maximum atomic E-state index is 13.0. The van der Waals surface area contributed by atoms with Crippen molar-refractivity contribution in [3.63, 3.8) is 0 Å². The summed E-state index contributed by atoms with van der Waals surface area (Å²) in [4.78, 5) is 77.1. The third-order valence-corrected chi connectivity index (χ3v) is 6.24. The molecule has 0 aliphatic heterocycles. The zero-order chi connectivity index (χ0) is 32.9. The molecule has 2 heterocycles. The molecule has 0 saturated heterocycles. The minimum Gasteiger partial charge on any atom is -0.467 e. The van der Waals surface area contributed by atoms with Crippen LogP contribution in [0.15, 0.2) is 88.1 Å². The Hall–Kier alpha value is -5.86. The van der Waals surface area contributed by atoms with Gasteiger partial charge in [0.15, 0.2) is 0 Å². The highest BCUT2D eigenvalue weighted by molar-refractivity contribution is 6.04. The van der Waals surface area contributed by atoms with Gasteiger partial charge in [-0.05, 0) is 43.7 Å². The first-order chi connectivity index (χ1) is 21.5. The van der Waals surface area contributed by atoms with Crippen LogP contribution in [-0.2, 0) is 43.6 Å². The van der Waals surface area contributed by atoms with Crippen LogP contribution in [0.25, 0.3) is 0 Å². The van der Waals surface area contributed by atoms with E-state index in [1.54, 1.807) is 48.5 Å². The molecule has 3 aromatic rings. The van der Waals surface area contributed by atoms with Crippen LogP contribution in [0.3, 0.4) is 0 Å². The largest absolute Gasteiger partial charge is 0.467 e. The number of amides is 7. The number of hydrogen-bond donors (Lipinski definition) is 3. The monoisotopic (exact) mass is 622 g/mol. The van der Waals surface area contributed by atoms with Crippen LogP contribution in [0.4, 0.5) is 9.59 Å². The fourth-order valence-electron chi connectivity index (χ4n) is 3.90. The summed E-state index contributed by atoms with van der Waals surface area (Å²) >= 11 is 0. The van der Waals surface area contributed by atoms with Gasteiger partial charge in [0, 0.05) is 19.2 Å². The maximum absolute atomic E-state index is 13.0. The Bertz CT molecular complexity index is 1450. The van der Waals surface area contributed by atoms with Crippen molar-refractivity contribution >= 4 is 35.8 Å². The number of likely N-dealkylation sites (N-methyl/N-ethyl adjacent to an activating group) is 1. The van der Waals surface area contributed by atoms with Crippen molar-refractivity contribution in [2.45, 2.75) is 45.6 Å². The normalized spacial score (nSPS) is 12.1. The summed E-state index contributed by atoms with van der Waals surface area (Å²) in [6.45, 7) is 2.78. The lowest BCUT2D eigenvalue weighted by Crippen LogP contribution is -2.58. The average molecular weight is 623 g/mol. The van der Waals surface area contributed by atoms with Crippen molar-refractivity contribution in [3.05, 3.63) is 96.4 Å². The van der Waals surface area contributed by atoms with E-state index in [2.05, 4.69) is 10.6 Å². The molecule has 4 N–H and O–H groups in total. The Morgan fingerprint density at radius 3 is 1.93 bits per heavy atom. The van der Waals surface area contributed by atoms with Crippen molar-refractivity contribution < 1.29 is 42.3 Å². The molecule has 1 aromatic carbocycles. The van der Waals surface area contributed by atoms with E-state index in [1.165, 1.54) is 31.3 Å². The molecule has 15 heteroatoms. The molecular formula is C30H34N6O9. The lowest BCUT2D eigenvalue weighted by atomic mass is 10.2. The standard InChI is InChI=1S/C30H34N6O9/c1-20(33-30(42)45-19-22-9-5-4-6-10-22)27(39)32-21(2)28(40)34(3)36(29(31)41)26(38)14-13-25(37)35(17-23-11-7-15-43-23)18-24-12-8-16-44-24/h4-16,20-21H,17-19H2,1-3H3,(H2,31,41)(H,32,39)(H,33,42)/b14-13+/t20-,21-/m0/s1. The maximum Gasteiger partial charge on any atom is 0.408 e. The number of nitrogens with one attached hydrogen (secondary N) is 2. The van der Waals surface area contributed by atoms with Crippen molar-refractivity contribution in [2.75, 3.05) is 7.05 Å². The smallest absolute Gasteiger partial charge is 0.408 e. The van der Waals surface area contributed by atoms with E-state index in [0.29, 0.717) is 21.5 Å². The molecule has 0 saturated carbocycles. The van der Waals surface area contributed by atoms with E-state index in [9.17, 15) is 28.8 Å². The summed E-state index contributed by atoms with van der Waals surface area (Å²) < 4.78 is 15.7. The second kappa shape index (κ2) is 16.1. The van der Waals surface area contributed by atoms with Gasteiger partial charge < -0.3 is 34.8 Å². The molecule has 0 aliphatic carbocycles. The summed E-state index contributed by atoms with van der Waals surface area (Å²) in [5.74, 6) is -2.41. The quantitative estimate of drug-likeness (QED) is 0.200. The van der Waals surface area contributed by atoms with Crippen LogP contribution < -0.4 is 16.4 Å². The number of alkyl carbamates (subject to hydrolysis) is 1. The molecule has 0 fully saturated rings. The van der Waals surface area contributed by atoms with Crippen LogP contribution in [0.1, 0.15) is 30.9 Å². The van der Waals surface area contributed by atoms with Gasteiger partial charge in [-0.15, -0.1) is 0 Å². The van der Waals surface area contributed by atoms with Crippen molar-refractivity contribution in [2.24, 2.45) is 5.73 Å². The first-order valence-electron chi connectivity index (χ1n) is 13.7. The number of ether oxygens (including phenoxy) is 1. The second-order valence-corrected chi connectivity index (χ2v) is 9.69. The van der Waals surface area contributed by atoms with Gasteiger partial charge in [0.2, 0.25) is 11.8 Å². The van der Waals surface area contributed by atoms with Gasteiger partial charge in [-0.25, -0.2) is 14.6 Å². The van der Waals surface area contributed by atoms with Crippen molar-refractivity contribution in [3.8, 4) is 0 Å². The lowest BCUT2D eigenvalue weighted by Gasteiger charge is -2.30. The number of primary amides is 1. The molecule has 7 amide bonds. The number of hydrogen-bond acceptors (Lipinski definition) is 9. The summed E-state index contributed by atoms with van der Waals surface area (Å²) in [6.07, 6.45) is 3.74. The highest BCUT2D eigenvalue weighted by Gasteiger charge is 2.31. The van der Waals surface area contributed by atoms with Gasteiger partial charge in [-0.2, -0.15) is 5.01 Å². The highest BCUT2D eigenvalue weighted by atomic mass is 16.5. The molecule has 15 nitrogen and oxygen atoms in total. The molecule has 45 heavy (non-hydrogen) atoms.